The molecule has 1 aromatic rings. The van der Waals surface area contributed by atoms with Crippen LogP contribution in [-0.2, 0) is 6.42 Å². The van der Waals surface area contributed by atoms with E-state index in [-0.39, 0.29) is 6.04 Å². The molecule has 0 saturated heterocycles. The Balaban J connectivity index is 2.35. The fourth-order valence-corrected chi connectivity index (χ4v) is 2.23. The predicted octanol–water partition coefficient (Wildman–Crippen LogP) is 2.67. The van der Waals surface area contributed by atoms with E-state index in [1.54, 1.807) is 0 Å². The number of nitrogens with two attached hydrogens (primary N) is 1. The SMILES string of the molecule is Cc1cccc2c1C(CC(C)N)=CC2. The second-order valence-electron chi connectivity index (χ2n) is 4.22. The monoisotopic (exact) mass is 187 g/mol. The van der Waals surface area contributed by atoms with Gasteiger partial charge in [-0.25, -0.2) is 0 Å². The van der Waals surface area contributed by atoms with Gasteiger partial charge in [0.25, 0.3) is 0 Å². The summed E-state index contributed by atoms with van der Waals surface area (Å²) in [6, 6.07) is 6.79. The van der Waals surface area contributed by atoms with E-state index in [9.17, 15) is 0 Å². The molecule has 1 nitrogen and oxygen atoms in total. The molecule has 14 heavy (non-hydrogen) atoms. The van der Waals surface area contributed by atoms with Crippen LogP contribution in [0.15, 0.2) is 24.3 Å². The summed E-state index contributed by atoms with van der Waals surface area (Å²) in [6.45, 7) is 4.25. The first-order chi connectivity index (χ1) is 6.68. The van der Waals surface area contributed by atoms with Crippen molar-refractivity contribution in [1.29, 1.82) is 0 Å². The Labute approximate surface area is 85.6 Å². The molecule has 1 unspecified atom stereocenters. The van der Waals surface area contributed by atoms with Crippen LogP contribution < -0.4 is 5.73 Å². The van der Waals surface area contributed by atoms with Crippen molar-refractivity contribution in [2.24, 2.45) is 5.73 Å². The van der Waals surface area contributed by atoms with Crippen LogP contribution in [-0.4, -0.2) is 6.04 Å². The number of benzene rings is 1. The van der Waals surface area contributed by atoms with Crippen LogP contribution in [0.25, 0.3) is 5.57 Å². The lowest BCUT2D eigenvalue weighted by molar-refractivity contribution is 0.767. The molecule has 0 radical (unpaired) electrons. The minimum absolute atomic E-state index is 0.256. The Morgan fingerprint density at radius 1 is 1.43 bits per heavy atom. The van der Waals surface area contributed by atoms with E-state index in [0.29, 0.717) is 0 Å². The van der Waals surface area contributed by atoms with Crippen LogP contribution in [0.5, 0.6) is 0 Å². The molecule has 0 bridgehead atoms. The molecular formula is C13H17N. The summed E-state index contributed by atoms with van der Waals surface area (Å²) in [6.07, 6.45) is 4.40. The average molecular weight is 187 g/mol. The summed E-state index contributed by atoms with van der Waals surface area (Å²) >= 11 is 0. The van der Waals surface area contributed by atoms with E-state index >= 15 is 0 Å². The fourth-order valence-electron chi connectivity index (χ4n) is 2.23. The smallest absolute Gasteiger partial charge is 0.00510 e. The molecule has 74 valence electrons. The Morgan fingerprint density at radius 2 is 2.21 bits per heavy atom. The standard InChI is InChI=1S/C13H17N/c1-9-4-3-5-11-6-7-12(13(9)11)8-10(2)14/h3-5,7,10H,6,8,14H2,1-2H3. The molecule has 0 spiro atoms. The number of allylic oxidation sites excluding steroid dienone is 1. The van der Waals surface area contributed by atoms with E-state index < -0.39 is 0 Å². The van der Waals surface area contributed by atoms with Crippen molar-refractivity contribution < 1.29 is 0 Å². The molecule has 2 rings (SSSR count). The average Bonchev–Trinajstić information content (AvgIpc) is 2.49. The van der Waals surface area contributed by atoms with Gasteiger partial charge in [-0.2, -0.15) is 0 Å². The molecule has 0 aromatic heterocycles. The highest BCUT2D eigenvalue weighted by molar-refractivity contribution is 5.75. The third-order valence-electron chi connectivity index (χ3n) is 2.79. The summed E-state index contributed by atoms with van der Waals surface area (Å²) in [7, 11) is 0. The highest BCUT2D eigenvalue weighted by atomic mass is 14.6. The third kappa shape index (κ3) is 1.60. The lowest BCUT2D eigenvalue weighted by Gasteiger charge is -2.11. The lowest BCUT2D eigenvalue weighted by atomic mass is 9.96. The normalized spacial score (nSPS) is 16.4. The summed E-state index contributed by atoms with van der Waals surface area (Å²) in [5.41, 5.74) is 11.6. The van der Waals surface area contributed by atoms with E-state index in [2.05, 4.69) is 38.1 Å². The van der Waals surface area contributed by atoms with Gasteiger partial charge in [-0.15, -0.1) is 0 Å². The van der Waals surface area contributed by atoms with Crippen molar-refractivity contribution in [1.82, 2.24) is 0 Å². The van der Waals surface area contributed by atoms with Gasteiger partial charge in [0, 0.05) is 6.04 Å². The maximum atomic E-state index is 5.84. The van der Waals surface area contributed by atoms with Gasteiger partial charge in [-0.3, -0.25) is 0 Å². The van der Waals surface area contributed by atoms with E-state index in [1.165, 1.54) is 22.3 Å². The number of hydrogen-bond donors (Lipinski definition) is 1. The van der Waals surface area contributed by atoms with Crippen LogP contribution >= 0.6 is 0 Å². The zero-order chi connectivity index (χ0) is 10.1. The zero-order valence-corrected chi connectivity index (χ0v) is 8.88. The van der Waals surface area contributed by atoms with Crippen molar-refractivity contribution >= 4 is 5.57 Å². The second kappa shape index (κ2) is 3.58. The molecule has 1 aromatic carbocycles. The second-order valence-corrected chi connectivity index (χ2v) is 4.22. The van der Waals surface area contributed by atoms with Crippen LogP contribution in [0.2, 0.25) is 0 Å². The highest BCUT2D eigenvalue weighted by Crippen LogP contribution is 2.32. The maximum absolute atomic E-state index is 5.84. The molecule has 1 atom stereocenters. The molecular weight excluding hydrogens is 170 g/mol. The van der Waals surface area contributed by atoms with Crippen molar-refractivity contribution in [2.75, 3.05) is 0 Å². The minimum Gasteiger partial charge on any atom is -0.328 e. The number of fused-ring (bicyclic) bond motifs is 1. The quantitative estimate of drug-likeness (QED) is 0.757. The van der Waals surface area contributed by atoms with E-state index in [1.807, 2.05) is 0 Å². The van der Waals surface area contributed by atoms with Crippen molar-refractivity contribution in [3.8, 4) is 0 Å². The van der Waals surface area contributed by atoms with Gasteiger partial charge in [0.15, 0.2) is 0 Å². The molecule has 1 aliphatic carbocycles. The number of hydrogen-bond acceptors (Lipinski definition) is 1. The molecule has 0 saturated carbocycles. The van der Waals surface area contributed by atoms with E-state index in [4.69, 9.17) is 5.73 Å². The van der Waals surface area contributed by atoms with Crippen LogP contribution in [0.3, 0.4) is 0 Å². The largest absolute Gasteiger partial charge is 0.328 e. The molecule has 1 aliphatic rings. The van der Waals surface area contributed by atoms with Gasteiger partial charge in [-0.1, -0.05) is 24.3 Å². The van der Waals surface area contributed by atoms with Gasteiger partial charge in [0.1, 0.15) is 0 Å². The van der Waals surface area contributed by atoms with Crippen LogP contribution in [0.4, 0.5) is 0 Å². The van der Waals surface area contributed by atoms with Gasteiger partial charge < -0.3 is 5.73 Å². The zero-order valence-electron chi connectivity index (χ0n) is 8.88. The Hall–Kier alpha value is -1.08. The molecule has 0 aliphatic heterocycles. The lowest BCUT2D eigenvalue weighted by Crippen LogP contribution is -2.14. The molecule has 2 N–H and O–H groups in total. The first-order valence-electron chi connectivity index (χ1n) is 5.22. The summed E-state index contributed by atoms with van der Waals surface area (Å²) in [5.74, 6) is 0. The molecule has 1 heteroatoms. The first kappa shape index (κ1) is 9.47. The van der Waals surface area contributed by atoms with Crippen molar-refractivity contribution in [3.05, 3.63) is 41.0 Å². The fraction of sp³-hybridized carbons (Fsp3) is 0.385. The first-order valence-corrected chi connectivity index (χ1v) is 5.22. The van der Waals surface area contributed by atoms with Gasteiger partial charge in [-0.05, 0) is 49.0 Å². The number of rotatable bonds is 2. The van der Waals surface area contributed by atoms with Gasteiger partial charge >= 0.3 is 0 Å². The Morgan fingerprint density at radius 3 is 2.93 bits per heavy atom. The maximum Gasteiger partial charge on any atom is 0.00510 e. The summed E-state index contributed by atoms with van der Waals surface area (Å²) < 4.78 is 0. The Bertz CT molecular complexity index is 375. The molecule has 0 heterocycles. The summed E-state index contributed by atoms with van der Waals surface area (Å²) in [5, 5.41) is 0. The highest BCUT2D eigenvalue weighted by Gasteiger charge is 2.16. The van der Waals surface area contributed by atoms with Crippen LogP contribution in [0.1, 0.15) is 30.0 Å². The Kier molecular flexibility index (Phi) is 2.42. The number of aryl methyl sites for hydroxylation is 1. The minimum atomic E-state index is 0.256. The molecule has 0 fully saturated rings. The van der Waals surface area contributed by atoms with Crippen molar-refractivity contribution in [3.63, 3.8) is 0 Å². The summed E-state index contributed by atoms with van der Waals surface area (Å²) in [4.78, 5) is 0. The van der Waals surface area contributed by atoms with Gasteiger partial charge in [0.05, 0.1) is 0 Å². The third-order valence-corrected chi connectivity index (χ3v) is 2.79. The van der Waals surface area contributed by atoms with E-state index in [0.717, 1.165) is 12.8 Å². The van der Waals surface area contributed by atoms with Crippen molar-refractivity contribution in [2.45, 2.75) is 32.7 Å². The molecule has 0 amide bonds. The van der Waals surface area contributed by atoms with Crippen LogP contribution in [0, 0.1) is 6.92 Å². The predicted molar refractivity (Wildman–Crippen MR) is 61.1 cm³/mol. The topological polar surface area (TPSA) is 26.0 Å². The van der Waals surface area contributed by atoms with Gasteiger partial charge in [0.2, 0.25) is 0 Å².